The number of unbranched alkanes of at least 4 members (excludes halogenated alkanes) is 1. The average Bonchev–Trinajstić information content (AvgIpc) is 2.94. The molecular weight excluding hydrogens is 653 g/mol. The first-order valence-electron chi connectivity index (χ1n) is 12.3. The Hall–Kier alpha value is -1.83. The van der Waals surface area contributed by atoms with Crippen molar-refractivity contribution < 1.29 is 21.1 Å². The van der Waals surface area contributed by atoms with Crippen LogP contribution in [0.25, 0.3) is 0 Å². The van der Waals surface area contributed by atoms with E-state index in [0.29, 0.717) is 0 Å². The van der Waals surface area contributed by atoms with Gasteiger partial charge in [-0.25, -0.2) is 0 Å². The predicted molar refractivity (Wildman–Crippen MR) is 162 cm³/mol. The van der Waals surface area contributed by atoms with Crippen LogP contribution in [0.4, 0.5) is 0 Å². The van der Waals surface area contributed by atoms with Crippen molar-refractivity contribution in [3.05, 3.63) is 147 Å². The summed E-state index contributed by atoms with van der Waals surface area (Å²) in [6.07, 6.45) is 9.58. The van der Waals surface area contributed by atoms with Crippen molar-refractivity contribution >= 4 is 37.1 Å². The van der Waals surface area contributed by atoms with E-state index in [2.05, 4.69) is 147 Å². The zero-order valence-electron chi connectivity index (χ0n) is 20.9. The zero-order chi connectivity index (χ0) is 24.6. The summed E-state index contributed by atoms with van der Waals surface area (Å²) in [7, 11) is -0.696. The van der Waals surface area contributed by atoms with E-state index < -0.39 is 0 Å². The molecule has 0 unspecified atom stereocenters. The quantitative estimate of drug-likeness (QED) is 0.0914. The topological polar surface area (TPSA) is 0 Å². The van der Waals surface area contributed by atoms with E-state index >= 15 is 0 Å². The van der Waals surface area contributed by atoms with Crippen LogP contribution in [-0.2, 0) is 21.1 Å². The van der Waals surface area contributed by atoms with Gasteiger partial charge < -0.3 is 13.8 Å². The van der Waals surface area contributed by atoms with Crippen molar-refractivity contribution in [2.75, 3.05) is 12.3 Å². The van der Waals surface area contributed by atoms with Crippen molar-refractivity contribution in [2.24, 2.45) is 0 Å². The van der Waals surface area contributed by atoms with Gasteiger partial charge in [0.25, 0.3) is 0 Å². The summed E-state index contributed by atoms with van der Waals surface area (Å²) >= 11 is 0. The van der Waals surface area contributed by atoms with Crippen molar-refractivity contribution in [1.82, 2.24) is 0 Å². The van der Waals surface area contributed by atoms with Gasteiger partial charge in [0, 0.05) is 0 Å². The molecule has 0 aliphatic heterocycles. The molecular formula is C33H36P2Pt. The van der Waals surface area contributed by atoms with Crippen LogP contribution < -0.4 is 21.2 Å². The second kappa shape index (κ2) is 18.4. The van der Waals surface area contributed by atoms with Crippen molar-refractivity contribution in [3.63, 3.8) is 0 Å². The number of benzene rings is 4. The van der Waals surface area contributed by atoms with Gasteiger partial charge in [0.2, 0.25) is 0 Å². The van der Waals surface area contributed by atoms with Crippen LogP contribution in [0.1, 0.15) is 19.3 Å². The van der Waals surface area contributed by atoms with Gasteiger partial charge in [0.15, 0.2) is 0 Å². The summed E-state index contributed by atoms with van der Waals surface area (Å²) in [5.41, 5.74) is 0. The molecule has 0 radical (unpaired) electrons. The molecule has 4 aromatic carbocycles. The van der Waals surface area contributed by atoms with Crippen molar-refractivity contribution in [1.29, 1.82) is 0 Å². The van der Waals surface area contributed by atoms with Gasteiger partial charge in [0.05, 0.1) is 0 Å². The van der Waals surface area contributed by atoms with E-state index in [1.807, 2.05) is 0 Å². The van der Waals surface area contributed by atoms with Crippen LogP contribution >= 0.6 is 15.8 Å². The summed E-state index contributed by atoms with van der Waals surface area (Å²) < 4.78 is 0. The van der Waals surface area contributed by atoms with E-state index in [4.69, 9.17) is 0 Å². The minimum absolute atomic E-state index is 0. The van der Waals surface area contributed by atoms with Crippen LogP contribution in [0.15, 0.2) is 133 Å². The Kier molecular flexibility index (Phi) is 15.5. The predicted octanol–water partition coefficient (Wildman–Crippen LogP) is 7.63. The Balaban J connectivity index is 0.000000503. The average molecular weight is 690 g/mol. The van der Waals surface area contributed by atoms with Gasteiger partial charge in [-0.15, -0.1) is 6.08 Å². The fourth-order valence-electron chi connectivity index (χ4n) is 3.80. The van der Waals surface area contributed by atoms with E-state index in [1.165, 1.54) is 33.5 Å². The second-order valence-electron chi connectivity index (χ2n) is 8.05. The zero-order valence-corrected chi connectivity index (χ0v) is 24.9. The number of allylic oxidation sites excluding steroid dienone is 2. The SMILES string of the molecule is [CH2-]C/C=C\CC[CH2-].[Pt+2].c1ccc(P(CCP(c2ccccc2)c2ccccc2)c2ccccc2)cc1. The normalized spacial score (nSPS) is 10.7. The molecule has 0 amide bonds. The Morgan fingerprint density at radius 3 is 1.03 bits per heavy atom. The summed E-state index contributed by atoms with van der Waals surface area (Å²) in [5, 5.41) is 5.89. The number of rotatable bonds is 10. The molecule has 0 aliphatic rings. The molecule has 0 nitrogen and oxygen atoms in total. The monoisotopic (exact) mass is 689 g/mol. The minimum atomic E-state index is -0.348. The smallest absolute Gasteiger partial charge is 0.343 e. The standard InChI is InChI=1S/C26H24P2.C7H12.Pt/c1-5-13-23(14-6-1)27(24-15-7-2-8-16-24)21-22-28(25-17-9-3-10-18-25)26-19-11-4-12-20-26;1-3-5-7-6-4-2;/h1-20H,21-22H2;5,7H,1-4,6H2;/q;-2;+2/b;7-5-;. The number of hydrogen-bond acceptors (Lipinski definition) is 0. The fourth-order valence-corrected chi connectivity index (χ4v) is 9.16. The molecule has 0 bridgehead atoms. The molecule has 4 rings (SSSR count). The van der Waals surface area contributed by atoms with Gasteiger partial charge in [-0.1, -0.05) is 134 Å². The summed E-state index contributed by atoms with van der Waals surface area (Å²) in [4.78, 5) is 0. The summed E-state index contributed by atoms with van der Waals surface area (Å²) in [6, 6.07) is 44.2. The molecule has 0 aromatic heterocycles. The first kappa shape index (κ1) is 30.4. The van der Waals surface area contributed by atoms with Gasteiger partial charge in [-0.3, -0.25) is 0 Å². The second-order valence-corrected chi connectivity index (χ2v) is 12.7. The first-order valence-corrected chi connectivity index (χ1v) is 15.4. The molecule has 3 heteroatoms. The number of hydrogen-bond donors (Lipinski definition) is 0. The van der Waals surface area contributed by atoms with Crippen LogP contribution in [0.3, 0.4) is 0 Å². The van der Waals surface area contributed by atoms with Crippen LogP contribution in [0, 0.1) is 13.8 Å². The van der Waals surface area contributed by atoms with Crippen molar-refractivity contribution in [2.45, 2.75) is 19.3 Å². The Bertz CT molecular complexity index is 922. The van der Waals surface area contributed by atoms with E-state index in [9.17, 15) is 0 Å². The first-order chi connectivity index (χ1) is 17.3. The van der Waals surface area contributed by atoms with E-state index in [-0.39, 0.29) is 36.9 Å². The fraction of sp³-hybridized carbons (Fsp3) is 0.152. The maximum absolute atomic E-state index is 3.69. The maximum Gasteiger partial charge on any atom is 2.00 e. The third-order valence-electron chi connectivity index (χ3n) is 5.52. The third kappa shape index (κ3) is 10.3. The maximum atomic E-state index is 3.69. The Morgan fingerprint density at radius 2 is 0.778 bits per heavy atom. The molecule has 0 spiro atoms. The van der Waals surface area contributed by atoms with Gasteiger partial charge in [-0.05, 0) is 49.4 Å². The van der Waals surface area contributed by atoms with Gasteiger partial charge in [-0.2, -0.15) is 12.8 Å². The molecule has 0 saturated carbocycles. The van der Waals surface area contributed by atoms with Gasteiger partial charge >= 0.3 is 21.1 Å². The molecule has 0 saturated heterocycles. The van der Waals surface area contributed by atoms with Crippen LogP contribution in [0.5, 0.6) is 0 Å². The largest absolute Gasteiger partial charge is 2.00 e. The molecule has 4 aromatic rings. The Labute approximate surface area is 236 Å². The minimum Gasteiger partial charge on any atom is -0.343 e. The Morgan fingerprint density at radius 1 is 0.472 bits per heavy atom. The molecule has 0 N–H and O–H groups in total. The van der Waals surface area contributed by atoms with Crippen LogP contribution in [0.2, 0.25) is 0 Å². The molecule has 0 aliphatic carbocycles. The summed E-state index contributed by atoms with van der Waals surface area (Å²) in [5.74, 6) is 0. The van der Waals surface area contributed by atoms with E-state index in [1.54, 1.807) is 0 Å². The van der Waals surface area contributed by atoms with Crippen molar-refractivity contribution in [3.8, 4) is 0 Å². The third-order valence-corrected chi connectivity index (χ3v) is 10.9. The van der Waals surface area contributed by atoms with Gasteiger partial charge in [0.1, 0.15) is 0 Å². The molecule has 0 fully saturated rings. The molecule has 36 heavy (non-hydrogen) atoms. The molecule has 188 valence electrons. The summed E-state index contributed by atoms with van der Waals surface area (Å²) in [6.45, 7) is 7.34. The molecule has 0 atom stereocenters. The van der Waals surface area contributed by atoms with E-state index in [0.717, 1.165) is 19.3 Å². The molecule has 0 heterocycles. The van der Waals surface area contributed by atoms with Crippen LogP contribution in [-0.4, -0.2) is 12.3 Å².